The van der Waals surface area contributed by atoms with Gasteiger partial charge in [-0.1, -0.05) is 52.4 Å². The molecule has 0 aromatic rings. The van der Waals surface area contributed by atoms with E-state index in [2.05, 4.69) is 52.4 Å². The van der Waals surface area contributed by atoms with Gasteiger partial charge < -0.3 is 0 Å². The van der Waals surface area contributed by atoms with Gasteiger partial charge in [0, 0.05) is 4.83 Å². The Morgan fingerprint density at radius 2 is 1.31 bits per heavy atom. The van der Waals surface area contributed by atoms with Crippen molar-refractivity contribution in [1.29, 1.82) is 0 Å². The smallest absolute Gasteiger partial charge is 0.0359 e. The number of halogens is 1. The summed E-state index contributed by atoms with van der Waals surface area (Å²) in [5, 5.41) is 0. The summed E-state index contributed by atoms with van der Waals surface area (Å²) in [4.78, 5) is 0.521. The second-order valence-corrected chi connectivity index (χ2v) is 4.45. The SMILES string of the molecule is BrC1/C=C/CC/C=C/CC/C=C/C1. The quantitative estimate of drug-likeness (QED) is 0.436. The van der Waals surface area contributed by atoms with Crippen LogP contribution < -0.4 is 0 Å². The normalized spacial score (nSPS) is 32.5. The minimum atomic E-state index is 0.521. The fourth-order valence-electron chi connectivity index (χ4n) is 1.29. The van der Waals surface area contributed by atoms with E-state index < -0.39 is 0 Å². The van der Waals surface area contributed by atoms with Gasteiger partial charge in [-0.15, -0.1) is 0 Å². The largest absolute Gasteiger partial charge is 0.0882 e. The number of hydrogen-bond acceptors (Lipinski definition) is 0. The monoisotopic (exact) mass is 240 g/mol. The standard InChI is InChI=1S/C12H17Br/c13-12-10-8-6-4-2-1-3-5-7-9-11-12/h1-2,7-10,12H,3-6,11H2/b2-1+,9-7+,10-8+. The fourth-order valence-corrected chi connectivity index (χ4v) is 1.72. The molecule has 1 aliphatic rings. The van der Waals surface area contributed by atoms with Crippen LogP contribution in [0, 0.1) is 0 Å². The Hall–Kier alpha value is -0.300. The summed E-state index contributed by atoms with van der Waals surface area (Å²) in [5.74, 6) is 0. The first-order valence-electron chi connectivity index (χ1n) is 5.00. The van der Waals surface area contributed by atoms with Gasteiger partial charge in [-0.05, 0) is 32.1 Å². The first-order chi connectivity index (χ1) is 6.39. The Kier molecular flexibility index (Phi) is 5.92. The van der Waals surface area contributed by atoms with E-state index in [9.17, 15) is 0 Å². The molecule has 13 heavy (non-hydrogen) atoms. The van der Waals surface area contributed by atoms with Crippen molar-refractivity contribution < 1.29 is 0 Å². The van der Waals surface area contributed by atoms with Crippen molar-refractivity contribution in [1.82, 2.24) is 0 Å². The lowest BCUT2D eigenvalue weighted by Crippen LogP contribution is -1.88. The van der Waals surface area contributed by atoms with E-state index in [0.29, 0.717) is 4.83 Å². The molecule has 0 N–H and O–H groups in total. The molecule has 0 bridgehead atoms. The van der Waals surface area contributed by atoms with Gasteiger partial charge in [0.05, 0.1) is 0 Å². The van der Waals surface area contributed by atoms with Crippen LogP contribution >= 0.6 is 15.9 Å². The molecule has 0 nitrogen and oxygen atoms in total. The summed E-state index contributed by atoms with van der Waals surface area (Å²) in [7, 11) is 0. The van der Waals surface area contributed by atoms with E-state index in [0.717, 1.165) is 6.42 Å². The van der Waals surface area contributed by atoms with Gasteiger partial charge >= 0.3 is 0 Å². The zero-order chi connectivity index (χ0) is 9.36. The second kappa shape index (κ2) is 7.14. The summed E-state index contributed by atoms with van der Waals surface area (Å²) in [6.45, 7) is 0. The van der Waals surface area contributed by atoms with Gasteiger partial charge in [-0.25, -0.2) is 0 Å². The van der Waals surface area contributed by atoms with Gasteiger partial charge in [-0.2, -0.15) is 0 Å². The first kappa shape index (κ1) is 10.8. The molecule has 1 unspecified atom stereocenters. The summed E-state index contributed by atoms with van der Waals surface area (Å²) in [6, 6.07) is 0. The maximum Gasteiger partial charge on any atom is 0.0359 e. The maximum atomic E-state index is 3.62. The summed E-state index contributed by atoms with van der Waals surface area (Å²) >= 11 is 3.62. The van der Waals surface area contributed by atoms with Crippen LogP contribution in [0.3, 0.4) is 0 Å². The molecular formula is C12H17Br. The van der Waals surface area contributed by atoms with Crippen molar-refractivity contribution in [2.24, 2.45) is 0 Å². The van der Waals surface area contributed by atoms with E-state index in [4.69, 9.17) is 0 Å². The number of allylic oxidation sites excluding steroid dienone is 6. The first-order valence-corrected chi connectivity index (χ1v) is 5.92. The van der Waals surface area contributed by atoms with Crippen LogP contribution in [0.5, 0.6) is 0 Å². The Bertz CT molecular complexity index is 201. The Morgan fingerprint density at radius 1 is 0.769 bits per heavy atom. The molecule has 0 amide bonds. The van der Waals surface area contributed by atoms with Gasteiger partial charge in [0.15, 0.2) is 0 Å². The van der Waals surface area contributed by atoms with Crippen molar-refractivity contribution in [3.8, 4) is 0 Å². The molecule has 1 heteroatoms. The van der Waals surface area contributed by atoms with Crippen LogP contribution in [0.15, 0.2) is 36.5 Å². The van der Waals surface area contributed by atoms with E-state index >= 15 is 0 Å². The van der Waals surface area contributed by atoms with Gasteiger partial charge in [0.25, 0.3) is 0 Å². The van der Waals surface area contributed by atoms with Crippen LogP contribution in [0.1, 0.15) is 32.1 Å². The minimum Gasteiger partial charge on any atom is -0.0882 e. The molecule has 1 rings (SSSR count). The van der Waals surface area contributed by atoms with E-state index in [1.54, 1.807) is 0 Å². The summed E-state index contributed by atoms with van der Waals surface area (Å²) in [5.41, 5.74) is 0. The van der Waals surface area contributed by atoms with Crippen molar-refractivity contribution in [3.63, 3.8) is 0 Å². The van der Waals surface area contributed by atoms with Gasteiger partial charge in [0.2, 0.25) is 0 Å². The third kappa shape index (κ3) is 5.87. The van der Waals surface area contributed by atoms with Crippen molar-refractivity contribution >= 4 is 15.9 Å². The lowest BCUT2D eigenvalue weighted by atomic mass is 10.1. The van der Waals surface area contributed by atoms with E-state index in [1.165, 1.54) is 25.7 Å². The molecule has 0 spiro atoms. The summed E-state index contributed by atoms with van der Waals surface area (Å²) < 4.78 is 0. The van der Waals surface area contributed by atoms with Gasteiger partial charge in [0.1, 0.15) is 0 Å². The van der Waals surface area contributed by atoms with Crippen LogP contribution in [-0.2, 0) is 0 Å². The third-order valence-corrected chi connectivity index (χ3v) is 2.72. The molecule has 0 saturated carbocycles. The zero-order valence-corrected chi connectivity index (χ0v) is 9.54. The zero-order valence-electron chi connectivity index (χ0n) is 7.95. The predicted octanol–water partition coefficient (Wildman–Crippen LogP) is 4.38. The molecule has 0 heterocycles. The number of rotatable bonds is 0. The highest BCUT2D eigenvalue weighted by Crippen LogP contribution is 2.10. The molecule has 0 aromatic carbocycles. The van der Waals surface area contributed by atoms with Crippen LogP contribution in [0.4, 0.5) is 0 Å². The highest BCUT2D eigenvalue weighted by molar-refractivity contribution is 9.09. The highest BCUT2D eigenvalue weighted by Gasteiger charge is 1.94. The van der Waals surface area contributed by atoms with Crippen LogP contribution in [-0.4, -0.2) is 4.83 Å². The fraction of sp³-hybridized carbons (Fsp3) is 0.500. The molecule has 0 aliphatic heterocycles. The van der Waals surface area contributed by atoms with Crippen molar-refractivity contribution in [2.45, 2.75) is 36.9 Å². The topological polar surface area (TPSA) is 0 Å². The average Bonchev–Trinajstić information content (AvgIpc) is 2.11. The third-order valence-electron chi connectivity index (χ3n) is 2.04. The van der Waals surface area contributed by atoms with E-state index in [-0.39, 0.29) is 0 Å². The minimum absolute atomic E-state index is 0.521. The maximum absolute atomic E-state index is 3.62. The van der Waals surface area contributed by atoms with Crippen LogP contribution in [0.2, 0.25) is 0 Å². The Balaban J connectivity index is 2.41. The molecule has 1 atom stereocenters. The molecule has 0 aromatic heterocycles. The molecule has 1 aliphatic carbocycles. The van der Waals surface area contributed by atoms with E-state index in [1.807, 2.05) is 0 Å². The molecule has 72 valence electrons. The average molecular weight is 241 g/mol. The van der Waals surface area contributed by atoms with Crippen LogP contribution in [0.25, 0.3) is 0 Å². The van der Waals surface area contributed by atoms with Crippen molar-refractivity contribution in [2.75, 3.05) is 0 Å². The Morgan fingerprint density at radius 3 is 2.00 bits per heavy atom. The van der Waals surface area contributed by atoms with Crippen molar-refractivity contribution in [3.05, 3.63) is 36.5 Å². The van der Waals surface area contributed by atoms with Gasteiger partial charge in [-0.3, -0.25) is 0 Å². The lowest BCUT2D eigenvalue weighted by molar-refractivity contribution is 0.972. The summed E-state index contributed by atoms with van der Waals surface area (Å²) in [6.07, 6.45) is 19.4. The Labute approximate surface area is 89.5 Å². The predicted molar refractivity (Wildman–Crippen MR) is 63.2 cm³/mol. The number of hydrogen-bond donors (Lipinski definition) is 0. The molecule has 0 saturated heterocycles. The second-order valence-electron chi connectivity index (χ2n) is 3.28. The molecule has 0 fully saturated rings. The molecule has 0 radical (unpaired) electrons. The highest BCUT2D eigenvalue weighted by atomic mass is 79.9. The lowest BCUT2D eigenvalue weighted by Gasteiger charge is -1.99. The number of alkyl halides is 1. The molecular weight excluding hydrogens is 224 g/mol.